The number of hydrogen-bond acceptors (Lipinski definition) is 8. The zero-order valence-corrected chi connectivity index (χ0v) is 27.7. The van der Waals surface area contributed by atoms with Crippen LogP contribution in [-0.4, -0.2) is 71.7 Å². The topological polar surface area (TPSA) is 135 Å². The minimum atomic E-state index is -3.76. The first-order chi connectivity index (χ1) is 22.8. The van der Waals surface area contributed by atoms with Crippen molar-refractivity contribution in [2.24, 2.45) is 0 Å². The molecule has 2 aromatic heterocycles. The van der Waals surface area contributed by atoms with Gasteiger partial charge in [-0.3, -0.25) is 13.9 Å². The number of benzene rings is 4. The molecule has 0 saturated heterocycles. The van der Waals surface area contributed by atoms with Crippen LogP contribution in [0.25, 0.3) is 56.0 Å². The van der Waals surface area contributed by atoms with Gasteiger partial charge < -0.3 is 23.8 Å². The normalized spacial score (nSPS) is 11.6. The minimum Gasteiger partial charge on any atom is -0.496 e. The predicted octanol–water partition coefficient (Wildman–Crippen LogP) is 6.18. The average molecular weight is 671 g/mol. The Morgan fingerprint density at radius 3 is 2.23 bits per heavy atom. The SMILES string of the molecule is CNC(=O)c1c(-c2ccc(F)cc2)oc2cc(N(C)S(C)(=O)=O)c(-c3ccc(OC)c(-c4nc5cc(C(=O)N(C)C)ccc5o4)c3)cc12. The summed E-state index contributed by atoms with van der Waals surface area (Å²) in [7, 11) is 3.96. The summed E-state index contributed by atoms with van der Waals surface area (Å²) in [5.74, 6) is -0.239. The maximum Gasteiger partial charge on any atom is 0.255 e. The number of rotatable bonds is 8. The largest absolute Gasteiger partial charge is 0.496 e. The van der Waals surface area contributed by atoms with Crippen molar-refractivity contribution in [1.29, 1.82) is 0 Å². The van der Waals surface area contributed by atoms with Gasteiger partial charge in [0, 0.05) is 56.3 Å². The molecule has 48 heavy (non-hydrogen) atoms. The Morgan fingerprint density at radius 2 is 1.58 bits per heavy atom. The fourth-order valence-corrected chi connectivity index (χ4v) is 5.94. The van der Waals surface area contributed by atoms with E-state index in [4.69, 9.17) is 13.6 Å². The van der Waals surface area contributed by atoms with E-state index in [0.717, 1.165) is 10.6 Å². The molecule has 0 fully saturated rings. The Bertz CT molecular complexity index is 2340. The molecule has 2 heterocycles. The lowest BCUT2D eigenvalue weighted by molar-refractivity contribution is 0.0827. The van der Waals surface area contributed by atoms with Crippen LogP contribution in [0, 0.1) is 5.82 Å². The number of fused-ring (bicyclic) bond motifs is 2. The van der Waals surface area contributed by atoms with Gasteiger partial charge in [-0.1, -0.05) is 6.07 Å². The number of carbonyl (C=O) groups excluding carboxylic acids is 2. The fraction of sp³-hybridized carbons (Fsp3) is 0.171. The van der Waals surface area contributed by atoms with E-state index in [1.54, 1.807) is 62.6 Å². The molecule has 6 rings (SSSR count). The first-order valence-electron chi connectivity index (χ1n) is 14.6. The van der Waals surface area contributed by atoms with Gasteiger partial charge in [-0.2, -0.15) is 0 Å². The molecular formula is C35H31FN4O7S. The molecule has 0 radical (unpaired) electrons. The summed E-state index contributed by atoms with van der Waals surface area (Å²) in [6.07, 6.45) is 1.08. The van der Waals surface area contributed by atoms with Crippen LogP contribution >= 0.6 is 0 Å². The second-order valence-corrected chi connectivity index (χ2v) is 13.3. The van der Waals surface area contributed by atoms with Gasteiger partial charge in [0.05, 0.1) is 30.2 Å². The Morgan fingerprint density at radius 1 is 0.875 bits per heavy atom. The molecule has 246 valence electrons. The molecule has 1 N–H and O–H groups in total. The molecule has 0 spiro atoms. The van der Waals surface area contributed by atoms with Gasteiger partial charge in [0.1, 0.15) is 28.4 Å². The van der Waals surface area contributed by atoms with E-state index in [1.165, 1.54) is 50.4 Å². The third-order valence-electron chi connectivity index (χ3n) is 7.99. The molecule has 0 unspecified atom stereocenters. The molecule has 2 amide bonds. The number of amides is 2. The highest BCUT2D eigenvalue weighted by Gasteiger charge is 2.27. The molecule has 0 aliphatic heterocycles. The van der Waals surface area contributed by atoms with Crippen LogP contribution in [0.1, 0.15) is 20.7 Å². The number of ether oxygens (including phenoxy) is 1. The molecule has 0 bridgehead atoms. The number of nitrogens with zero attached hydrogens (tertiary/aromatic N) is 3. The van der Waals surface area contributed by atoms with Gasteiger partial charge in [0.25, 0.3) is 11.8 Å². The zero-order chi connectivity index (χ0) is 34.5. The van der Waals surface area contributed by atoms with Crippen LogP contribution in [0.15, 0.2) is 81.6 Å². The lowest BCUT2D eigenvalue weighted by atomic mass is 9.97. The molecule has 0 saturated carbocycles. The lowest BCUT2D eigenvalue weighted by Gasteiger charge is -2.21. The summed E-state index contributed by atoms with van der Waals surface area (Å²) in [4.78, 5) is 31.9. The third kappa shape index (κ3) is 5.72. The number of oxazole rings is 1. The van der Waals surface area contributed by atoms with Crippen LogP contribution < -0.4 is 14.4 Å². The van der Waals surface area contributed by atoms with E-state index in [9.17, 15) is 22.4 Å². The highest BCUT2D eigenvalue weighted by Crippen LogP contribution is 2.43. The summed E-state index contributed by atoms with van der Waals surface area (Å²) in [6.45, 7) is 0. The second-order valence-electron chi connectivity index (χ2n) is 11.3. The second kappa shape index (κ2) is 12.2. The number of halogens is 1. The van der Waals surface area contributed by atoms with Crippen LogP contribution in [0.3, 0.4) is 0 Å². The molecule has 0 aliphatic carbocycles. The quantitative estimate of drug-likeness (QED) is 0.203. The summed E-state index contributed by atoms with van der Waals surface area (Å²) < 4.78 is 58.5. The molecule has 6 aromatic rings. The highest BCUT2D eigenvalue weighted by atomic mass is 32.2. The van der Waals surface area contributed by atoms with E-state index < -0.39 is 21.7 Å². The summed E-state index contributed by atoms with van der Waals surface area (Å²) in [5.41, 5.74) is 4.01. The number of methoxy groups -OCH3 is 1. The van der Waals surface area contributed by atoms with Crippen LogP contribution in [0.2, 0.25) is 0 Å². The molecule has 11 nitrogen and oxygen atoms in total. The fourth-order valence-electron chi connectivity index (χ4n) is 5.43. The number of aromatic nitrogens is 1. The minimum absolute atomic E-state index is 0.183. The van der Waals surface area contributed by atoms with Crippen molar-refractivity contribution in [3.05, 3.63) is 89.7 Å². The Hall–Kier alpha value is -5.69. The molecule has 0 atom stereocenters. The molecule has 0 aliphatic rings. The van der Waals surface area contributed by atoms with Crippen molar-refractivity contribution >= 4 is 49.6 Å². The first kappa shape index (κ1) is 32.3. The standard InChI is InChI=1S/C35H31FN4O7S/c1-37-33(41)31-24-17-23(27(40(4)48(6,43)44)18-30(24)46-32(31)19-7-11-22(36)12-8-19)20-9-13-28(45-5)25(15-20)34-38-26-16-21(35(42)39(2)3)10-14-29(26)47-34/h7-18H,1-6H3,(H,37,41). The van der Waals surface area contributed by atoms with E-state index in [1.807, 2.05) is 0 Å². The van der Waals surface area contributed by atoms with Crippen molar-refractivity contribution in [1.82, 2.24) is 15.2 Å². The van der Waals surface area contributed by atoms with Crippen LogP contribution in [-0.2, 0) is 10.0 Å². The summed E-state index contributed by atoms with van der Waals surface area (Å²) in [6, 6.07) is 18.9. The Balaban J connectivity index is 1.59. The summed E-state index contributed by atoms with van der Waals surface area (Å²) >= 11 is 0. The molecule has 4 aromatic carbocycles. The monoisotopic (exact) mass is 670 g/mol. The van der Waals surface area contributed by atoms with Gasteiger partial charge in [0.15, 0.2) is 5.58 Å². The lowest BCUT2D eigenvalue weighted by Crippen LogP contribution is -2.25. The van der Waals surface area contributed by atoms with Crippen LogP contribution in [0.4, 0.5) is 10.1 Å². The van der Waals surface area contributed by atoms with E-state index in [2.05, 4.69) is 10.3 Å². The number of sulfonamides is 1. The molecular weight excluding hydrogens is 639 g/mol. The van der Waals surface area contributed by atoms with Crippen LogP contribution in [0.5, 0.6) is 5.75 Å². The number of hydrogen-bond donors (Lipinski definition) is 1. The van der Waals surface area contributed by atoms with Gasteiger partial charge >= 0.3 is 0 Å². The highest BCUT2D eigenvalue weighted by molar-refractivity contribution is 7.92. The Labute approximate surface area is 275 Å². The first-order valence-corrected chi connectivity index (χ1v) is 16.5. The summed E-state index contributed by atoms with van der Waals surface area (Å²) in [5, 5.41) is 3.05. The smallest absolute Gasteiger partial charge is 0.255 e. The maximum atomic E-state index is 13.8. The van der Waals surface area contributed by atoms with Gasteiger partial charge in [-0.05, 0) is 66.2 Å². The van der Waals surface area contributed by atoms with E-state index in [-0.39, 0.29) is 34.4 Å². The number of anilines is 1. The van der Waals surface area contributed by atoms with Crippen molar-refractivity contribution in [2.45, 2.75) is 0 Å². The van der Waals surface area contributed by atoms with Crippen molar-refractivity contribution in [3.63, 3.8) is 0 Å². The van der Waals surface area contributed by atoms with E-state index >= 15 is 0 Å². The number of carbonyl (C=O) groups is 2. The average Bonchev–Trinajstić information content (AvgIpc) is 3.67. The number of nitrogens with one attached hydrogen (secondary N) is 1. The Kier molecular flexibility index (Phi) is 8.17. The zero-order valence-electron chi connectivity index (χ0n) is 26.9. The van der Waals surface area contributed by atoms with Crippen molar-refractivity contribution in [3.8, 4) is 39.7 Å². The van der Waals surface area contributed by atoms with Gasteiger partial charge in [0.2, 0.25) is 15.9 Å². The molecule has 13 heteroatoms. The third-order valence-corrected chi connectivity index (χ3v) is 9.18. The van der Waals surface area contributed by atoms with Gasteiger partial charge in [-0.25, -0.2) is 17.8 Å². The number of furan rings is 1. The maximum absolute atomic E-state index is 13.8. The van der Waals surface area contributed by atoms with Crippen molar-refractivity contribution in [2.75, 3.05) is 45.9 Å². The van der Waals surface area contributed by atoms with Crippen molar-refractivity contribution < 1.29 is 36.0 Å². The van der Waals surface area contributed by atoms with E-state index in [0.29, 0.717) is 50.1 Å². The predicted molar refractivity (Wildman–Crippen MR) is 181 cm³/mol. The van der Waals surface area contributed by atoms with Gasteiger partial charge in [-0.15, -0.1) is 0 Å².